The van der Waals surface area contributed by atoms with Crippen molar-refractivity contribution in [2.75, 3.05) is 20.2 Å². The smallest absolute Gasteiger partial charge is 0.115 e. The zero-order valence-electron chi connectivity index (χ0n) is 14.5. The number of hydrogen-bond acceptors (Lipinski definition) is 2. The van der Waals surface area contributed by atoms with Gasteiger partial charge >= 0.3 is 0 Å². The van der Waals surface area contributed by atoms with Crippen molar-refractivity contribution in [2.45, 2.75) is 37.8 Å². The molecule has 2 nitrogen and oxygen atoms in total. The monoisotopic (exact) mass is 343 g/mol. The summed E-state index contributed by atoms with van der Waals surface area (Å²) in [5.41, 5.74) is 1.85. The van der Waals surface area contributed by atoms with Gasteiger partial charge in [-0.3, -0.25) is 0 Å². The molecular formula is C21H26ClNO. The second-order valence-electron chi connectivity index (χ2n) is 6.82. The highest BCUT2D eigenvalue weighted by Crippen LogP contribution is 2.34. The van der Waals surface area contributed by atoms with Crippen LogP contribution in [0.2, 0.25) is 5.02 Å². The molecule has 0 N–H and O–H groups in total. The Hall–Kier alpha value is -1.35. The molecule has 128 valence electrons. The third kappa shape index (κ3) is 3.83. The van der Waals surface area contributed by atoms with Crippen LogP contribution < -0.4 is 0 Å². The summed E-state index contributed by atoms with van der Waals surface area (Å²) in [6, 6.07) is 19.1. The molecule has 0 radical (unpaired) electrons. The molecule has 2 aromatic carbocycles. The lowest BCUT2D eigenvalue weighted by atomic mass is 9.88. The Labute approximate surface area is 150 Å². The Balaban J connectivity index is 1.78. The molecule has 1 aliphatic heterocycles. The van der Waals surface area contributed by atoms with E-state index in [0.717, 1.165) is 23.6 Å². The van der Waals surface area contributed by atoms with E-state index in [2.05, 4.69) is 55.3 Å². The molecule has 3 heteroatoms. The van der Waals surface area contributed by atoms with E-state index < -0.39 is 5.60 Å². The van der Waals surface area contributed by atoms with Crippen LogP contribution in [0.25, 0.3) is 0 Å². The standard InChI is InChI=1S/C21H26ClNO/c1-21(17-7-4-3-5-8-17,18-10-12-19(22)13-11-18)24-16-14-20-9-6-15-23(20)2/h3-5,7-8,10-13,20H,6,9,14-16H2,1-2H3/t20-,21?/m0/s1. The van der Waals surface area contributed by atoms with Crippen molar-refractivity contribution in [3.8, 4) is 0 Å². The summed E-state index contributed by atoms with van der Waals surface area (Å²) in [5, 5.41) is 0.752. The average Bonchev–Trinajstić information content (AvgIpc) is 3.01. The van der Waals surface area contributed by atoms with Crippen molar-refractivity contribution in [3.05, 3.63) is 70.7 Å². The number of halogens is 1. The highest BCUT2D eigenvalue weighted by atomic mass is 35.5. The van der Waals surface area contributed by atoms with Crippen molar-refractivity contribution >= 4 is 11.6 Å². The van der Waals surface area contributed by atoms with Crippen molar-refractivity contribution < 1.29 is 4.74 Å². The number of ether oxygens (including phenoxy) is 1. The Morgan fingerprint density at radius 3 is 2.38 bits per heavy atom. The van der Waals surface area contributed by atoms with Crippen LogP contribution in [0.3, 0.4) is 0 Å². The van der Waals surface area contributed by atoms with E-state index in [9.17, 15) is 0 Å². The van der Waals surface area contributed by atoms with Gasteiger partial charge in [-0.05, 0) is 63.0 Å². The van der Waals surface area contributed by atoms with Gasteiger partial charge in [-0.25, -0.2) is 0 Å². The number of likely N-dealkylation sites (tertiary alicyclic amines) is 1. The second-order valence-corrected chi connectivity index (χ2v) is 7.26. The molecule has 0 aliphatic carbocycles. The van der Waals surface area contributed by atoms with E-state index in [1.54, 1.807) is 0 Å². The van der Waals surface area contributed by atoms with Crippen LogP contribution in [0.15, 0.2) is 54.6 Å². The molecular weight excluding hydrogens is 318 g/mol. The Bertz CT molecular complexity index is 643. The zero-order valence-corrected chi connectivity index (χ0v) is 15.3. The quantitative estimate of drug-likeness (QED) is 0.723. The van der Waals surface area contributed by atoms with Gasteiger partial charge < -0.3 is 9.64 Å². The number of benzene rings is 2. The first-order chi connectivity index (χ1) is 11.6. The molecule has 0 bridgehead atoms. The van der Waals surface area contributed by atoms with Crippen LogP contribution in [-0.2, 0) is 10.3 Å². The molecule has 0 aromatic heterocycles. The summed E-state index contributed by atoms with van der Waals surface area (Å²) in [4.78, 5) is 2.45. The fourth-order valence-electron chi connectivity index (χ4n) is 3.60. The molecule has 1 saturated heterocycles. The summed E-state index contributed by atoms with van der Waals surface area (Å²) in [7, 11) is 2.22. The van der Waals surface area contributed by atoms with Crippen LogP contribution in [0, 0.1) is 0 Å². The summed E-state index contributed by atoms with van der Waals surface area (Å²) in [5.74, 6) is 0. The first-order valence-corrected chi connectivity index (χ1v) is 9.13. The summed E-state index contributed by atoms with van der Waals surface area (Å²) >= 11 is 6.07. The molecule has 0 saturated carbocycles. The first kappa shape index (κ1) is 17.5. The van der Waals surface area contributed by atoms with E-state index in [-0.39, 0.29) is 0 Å². The molecule has 2 atom stereocenters. The van der Waals surface area contributed by atoms with Crippen LogP contribution in [-0.4, -0.2) is 31.1 Å². The van der Waals surface area contributed by atoms with Gasteiger partial charge in [-0.15, -0.1) is 0 Å². The third-order valence-corrected chi connectivity index (χ3v) is 5.49. The molecule has 3 rings (SSSR count). The lowest BCUT2D eigenvalue weighted by Gasteiger charge is -2.32. The number of rotatable bonds is 6. The zero-order chi connectivity index (χ0) is 17.0. The molecule has 1 aliphatic rings. The van der Waals surface area contributed by atoms with Crippen molar-refractivity contribution in [3.63, 3.8) is 0 Å². The van der Waals surface area contributed by atoms with Gasteiger partial charge in [0.2, 0.25) is 0 Å². The molecule has 2 aromatic rings. The van der Waals surface area contributed by atoms with Crippen LogP contribution in [0.4, 0.5) is 0 Å². The van der Waals surface area contributed by atoms with Gasteiger partial charge in [-0.1, -0.05) is 54.1 Å². The molecule has 24 heavy (non-hydrogen) atoms. The topological polar surface area (TPSA) is 12.5 Å². The van der Waals surface area contributed by atoms with Gasteiger partial charge in [0.25, 0.3) is 0 Å². The predicted octanol–water partition coefficient (Wildman–Crippen LogP) is 5.10. The third-order valence-electron chi connectivity index (χ3n) is 5.23. The molecule has 0 amide bonds. The van der Waals surface area contributed by atoms with E-state index in [1.165, 1.54) is 24.9 Å². The van der Waals surface area contributed by atoms with Crippen molar-refractivity contribution in [1.29, 1.82) is 0 Å². The van der Waals surface area contributed by atoms with E-state index >= 15 is 0 Å². The largest absolute Gasteiger partial charge is 0.366 e. The normalized spacial score (nSPS) is 20.9. The van der Waals surface area contributed by atoms with E-state index in [0.29, 0.717) is 6.04 Å². The average molecular weight is 344 g/mol. The summed E-state index contributed by atoms with van der Waals surface area (Å²) in [6.45, 7) is 4.12. The van der Waals surface area contributed by atoms with E-state index in [4.69, 9.17) is 16.3 Å². The number of hydrogen-bond donors (Lipinski definition) is 0. The second kappa shape index (κ2) is 7.69. The van der Waals surface area contributed by atoms with Gasteiger partial charge in [-0.2, -0.15) is 0 Å². The minimum Gasteiger partial charge on any atom is -0.366 e. The van der Waals surface area contributed by atoms with Crippen molar-refractivity contribution in [2.24, 2.45) is 0 Å². The van der Waals surface area contributed by atoms with Crippen LogP contribution >= 0.6 is 11.6 Å². The predicted molar refractivity (Wildman–Crippen MR) is 101 cm³/mol. The molecule has 1 fully saturated rings. The molecule has 1 unspecified atom stereocenters. The van der Waals surface area contributed by atoms with Gasteiger partial charge in [0, 0.05) is 17.7 Å². The van der Waals surface area contributed by atoms with Gasteiger partial charge in [0.1, 0.15) is 5.60 Å². The molecule has 0 spiro atoms. The maximum Gasteiger partial charge on any atom is 0.115 e. The van der Waals surface area contributed by atoms with Crippen molar-refractivity contribution in [1.82, 2.24) is 4.90 Å². The highest BCUT2D eigenvalue weighted by Gasteiger charge is 2.30. The van der Waals surface area contributed by atoms with Crippen LogP contribution in [0.1, 0.15) is 37.3 Å². The van der Waals surface area contributed by atoms with Gasteiger partial charge in [0.05, 0.1) is 0 Å². The fraction of sp³-hybridized carbons (Fsp3) is 0.429. The molecule has 1 heterocycles. The lowest BCUT2D eigenvalue weighted by Crippen LogP contribution is -2.31. The Morgan fingerprint density at radius 2 is 1.75 bits per heavy atom. The fourth-order valence-corrected chi connectivity index (χ4v) is 3.73. The van der Waals surface area contributed by atoms with Gasteiger partial charge in [0.15, 0.2) is 0 Å². The minimum atomic E-state index is -0.455. The minimum absolute atomic E-state index is 0.455. The van der Waals surface area contributed by atoms with E-state index in [1.807, 2.05) is 18.2 Å². The summed E-state index contributed by atoms with van der Waals surface area (Å²) in [6.07, 6.45) is 3.66. The lowest BCUT2D eigenvalue weighted by molar-refractivity contribution is -0.0117. The first-order valence-electron chi connectivity index (χ1n) is 8.75. The number of nitrogens with zero attached hydrogens (tertiary/aromatic N) is 1. The Kier molecular flexibility index (Phi) is 5.60. The Morgan fingerprint density at radius 1 is 1.08 bits per heavy atom. The SMILES string of the molecule is CN1CCC[C@H]1CCOC(C)(c1ccccc1)c1ccc(Cl)cc1. The summed E-state index contributed by atoms with van der Waals surface area (Å²) < 4.78 is 6.48. The van der Waals surface area contributed by atoms with Crippen LogP contribution in [0.5, 0.6) is 0 Å². The maximum atomic E-state index is 6.48. The maximum absolute atomic E-state index is 6.48. The highest BCUT2D eigenvalue weighted by molar-refractivity contribution is 6.30.